The third kappa shape index (κ3) is 3.17. The third-order valence-corrected chi connectivity index (χ3v) is 3.22. The van der Waals surface area contributed by atoms with Gasteiger partial charge < -0.3 is 15.0 Å². The van der Waals surface area contributed by atoms with Gasteiger partial charge in [-0.25, -0.2) is 0 Å². The van der Waals surface area contributed by atoms with Gasteiger partial charge in [0, 0.05) is 32.1 Å². The van der Waals surface area contributed by atoms with E-state index in [2.05, 4.69) is 41.3 Å². The molecule has 1 aromatic heterocycles. The van der Waals surface area contributed by atoms with Crippen LogP contribution in [0.2, 0.25) is 0 Å². The van der Waals surface area contributed by atoms with Crippen molar-refractivity contribution < 1.29 is 4.74 Å². The minimum absolute atomic E-state index is 0.504. The van der Waals surface area contributed by atoms with Crippen LogP contribution in [0.5, 0.6) is 0 Å². The Labute approximate surface area is 103 Å². The normalized spacial score (nSPS) is 19.5. The summed E-state index contributed by atoms with van der Waals surface area (Å²) >= 11 is 0. The SMILES string of the molecule is CCNCc1cc(N(C)C2CCOC2)ccn1. The molecule has 0 amide bonds. The van der Waals surface area contributed by atoms with Gasteiger partial charge in [0.25, 0.3) is 0 Å². The molecule has 0 aliphatic carbocycles. The monoisotopic (exact) mass is 235 g/mol. The molecule has 17 heavy (non-hydrogen) atoms. The second kappa shape index (κ2) is 5.98. The average Bonchev–Trinajstić information content (AvgIpc) is 2.89. The van der Waals surface area contributed by atoms with E-state index in [4.69, 9.17) is 4.74 Å². The molecule has 1 saturated heterocycles. The largest absolute Gasteiger partial charge is 0.379 e. The predicted molar refractivity (Wildman–Crippen MR) is 69.2 cm³/mol. The zero-order chi connectivity index (χ0) is 12.1. The Morgan fingerprint density at radius 2 is 2.47 bits per heavy atom. The minimum atomic E-state index is 0.504. The molecule has 94 valence electrons. The molecular weight excluding hydrogens is 214 g/mol. The molecule has 0 bridgehead atoms. The van der Waals surface area contributed by atoms with Gasteiger partial charge in [0.1, 0.15) is 0 Å². The van der Waals surface area contributed by atoms with Crippen LogP contribution in [0, 0.1) is 0 Å². The molecule has 0 aromatic carbocycles. The first kappa shape index (κ1) is 12.3. The molecule has 0 saturated carbocycles. The van der Waals surface area contributed by atoms with Crippen molar-refractivity contribution in [2.45, 2.75) is 25.9 Å². The molecular formula is C13H21N3O. The highest BCUT2D eigenvalue weighted by Gasteiger charge is 2.20. The summed E-state index contributed by atoms with van der Waals surface area (Å²) in [4.78, 5) is 6.66. The van der Waals surface area contributed by atoms with Crippen molar-refractivity contribution in [3.05, 3.63) is 24.0 Å². The maximum Gasteiger partial charge on any atom is 0.0670 e. The second-order valence-corrected chi connectivity index (χ2v) is 4.41. The number of nitrogens with one attached hydrogen (secondary N) is 1. The first-order valence-corrected chi connectivity index (χ1v) is 6.27. The number of hydrogen-bond acceptors (Lipinski definition) is 4. The van der Waals surface area contributed by atoms with Crippen LogP contribution in [0.3, 0.4) is 0 Å². The summed E-state index contributed by atoms with van der Waals surface area (Å²) < 4.78 is 5.43. The van der Waals surface area contributed by atoms with E-state index in [1.807, 2.05) is 6.20 Å². The molecule has 1 fully saturated rings. The van der Waals surface area contributed by atoms with Crippen molar-refractivity contribution >= 4 is 5.69 Å². The highest BCUT2D eigenvalue weighted by atomic mass is 16.5. The van der Waals surface area contributed by atoms with Gasteiger partial charge in [0.2, 0.25) is 0 Å². The highest BCUT2D eigenvalue weighted by molar-refractivity contribution is 5.47. The zero-order valence-corrected chi connectivity index (χ0v) is 10.6. The quantitative estimate of drug-likeness (QED) is 0.837. The molecule has 1 aromatic rings. The van der Waals surface area contributed by atoms with Crippen LogP contribution >= 0.6 is 0 Å². The Morgan fingerprint density at radius 1 is 1.59 bits per heavy atom. The van der Waals surface area contributed by atoms with Crippen molar-refractivity contribution in [1.29, 1.82) is 0 Å². The van der Waals surface area contributed by atoms with Crippen LogP contribution < -0.4 is 10.2 Å². The topological polar surface area (TPSA) is 37.4 Å². The minimum Gasteiger partial charge on any atom is -0.379 e. The number of pyridine rings is 1. The number of rotatable bonds is 5. The third-order valence-electron chi connectivity index (χ3n) is 3.22. The van der Waals surface area contributed by atoms with Crippen molar-refractivity contribution in [2.24, 2.45) is 0 Å². The molecule has 0 radical (unpaired) electrons. The average molecular weight is 235 g/mol. The van der Waals surface area contributed by atoms with Gasteiger partial charge in [-0.2, -0.15) is 0 Å². The van der Waals surface area contributed by atoms with Crippen LogP contribution in [0.25, 0.3) is 0 Å². The Hall–Kier alpha value is -1.13. The van der Waals surface area contributed by atoms with E-state index in [0.717, 1.165) is 38.4 Å². The summed E-state index contributed by atoms with van der Waals surface area (Å²) in [6.45, 7) is 5.62. The van der Waals surface area contributed by atoms with Gasteiger partial charge in [0.15, 0.2) is 0 Å². The summed E-state index contributed by atoms with van der Waals surface area (Å²) in [6, 6.07) is 4.72. The van der Waals surface area contributed by atoms with Crippen LogP contribution in [-0.2, 0) is 11.3 Å². The Bertz CT molecular complexity index is 350. The van der Waals surface area contributed by atoms with Crippen molar-refractivity contribution in [1.82, 2.24) is 10.3 Å². The van der Waals surface area contributed by atoms with E-state index in [1.165, 1.54) is 5.69 Å². The molecule has 1 unspecified atom stereocenters. The lowest BCUT2D eigenvalue weighted by Gasteiger charge is -2.25. The van der Waals surface area contributed by atoms with Gasteiger partial charge in [-0.05, 0) is 25.1 Å². The molecule has 2 heterocycles. The van der Waals surface area contributed by atoms with Crippen LogP contribution in [-0.4, -0.2) is 37.8 Å². The van der Waals surface area contributed by atoms with Gasteiger partial charge in [0.05, 0.1) is 18.3 Å². The first-order chi connectivity index (χ1) is 8.31. The highest BCUT2D eigenvalue weighted by Crippen LogP contribution is 2.20. The summed E-state index contributed by atoms with van der Waals surface area (Å²) in [5.74, 6) is 0. The Balaban J connectivity index is 2.03. The standard InChI is InChI=1S/C13H21N3O/c1-3-14-9-11-8-12(4-6-15-11)16(2)13-5-7-17-10-13/h4,6,8,13-14H,3,5,7,9-10H2,1-2H3. The lowest BCUT2D eigenvalue weighted by Crippen LogP contribution is -2.31. The number of ether oxygens (including phenoxy) is 1. The molecule has 0 spiro atoms. The van der Waals surface area contributed by atoms with Crippen LogP contribution in [0.15, 0.2) is 18.3 Å². The fraction of sp³-hybridized carbons (Fsp3) is 0.615. The number of anilines is 1. The molecule has 2 rings (SSSR count). The van der Waals surface area contributed by atoms with Crippen molar-refractivity contribution in [3.63, 3.8) is 0 Å². The summed E-state index contributed by atoms with van der Waals surface area (Å²) in [6.07, 6.45) is 3.00. The predicted octanol–water partition coefficient (Wildman–Crippen LogP) is 1.42. The van der Waals surface area contributed by atoms with E-state index < -0.39 is 0 Å². The van der Waals surface area contributed by atoms with E-state index in [0.29, 0.717) is 6.04 Å². The zero-order valence-electron chi connectivity index (χ0n) is 10.6. The van der Waals surface area contributed by atoms with Crippen LogP contribution in [0.1, 0.15) is 19.0 Å². The molecule has 4 heteroatoms. The van der Waals surface area contributed by atoms with Gasteiger partial charge in [-0.15, -0.1) is 0 Å². The van der Waals surface area contributed by atoms with Gasteiger partial charge in [-0.3, -0.25) is 4.98 Å². The number of aromatic nitrogens is 1. The van der Waals surface area contributed by atoms with Crippen molar-refractivity contribution in [3.8, 4) is 0 Å². The maximum absolute atomic E-state index is 5.43. The van der Waals surface area contributed by atoms with Crippen molar-refractivity contribution in [2.75, 3.05) is 31.7 Å². The smallest absolute Gasteiger partial charge is 0.0670 e. The second-order valence-electron chi connectivity index (χ2n) is 4.41. The lowest BCUT2D eigenvalue weighted by molar-refractivity contribution is 0.193. The Kier molecular flexibility index (Phi) is 4.34. The number of nitrogens with zero attached hydrogens (tertiary/aromatic N) is 2. The van der Waals surface area contributed by atoms with Gasteiger partial charge in [-0.1, -0.05) is 6.92 Å². The number of likely N-dealkylation sites (N-methyl/N-ethyl adjacent to an activating group) is 1. The summed E-state index contributed by atoms with van der Waals surface area (Å²) in [7, 11) is 2.13. The van der Waals surface area contributed by atoms with E-state index in [9.17, 15) is 0 Å². The van der Waals surface area contributed by atoms with E-state index in [1.54, 1.807) is 0 Å². The molecule has 4 nitrogen and oxygen atoms in total. The number of hydrogen-bond donors (Lipinski definition) is 1. The maximum atomic E-state index is 5.43. The molecule has 1 atom stereocenters. The summed E-state index contributed by atoms with van der Waals surface area (Å²) in [5, 5.41) is 3.29. The van der Waals surface area contributed by atoms with E-state index >= 15 is 0 Å². The fourth-order valence-electron chi connectivity index (χ4n) is 2.07. The van der Waals surface area contributed by atoms with Gasteiger partial charge >= 0.3 is 0 Å². The Morgan fingerprint density at radius 3 is 3.18 bits per heavy atom. The van der Waals surface area contributed by atoms with E-state index in [-0.39, 0.29) is 0 Å². The molecule has 1 N–H and O–H groups in total. The molecule has 1 aliphatic rings. The lowest BCUT2D eigenvalue weighted by atomic mass is 10.2. The first-order valence-electron chi connectivity index (χ1n) is 6.27. The fourth-order valence-corrected chi connectivity index (χ4v) is 2.07. The summed E-state index contributed by atoms with van der Waals surface area (Å²) in [5.41, 5.74) is 2.32. The molecule has 1 aliphatic heterocycles. The van der Waals surface area contributed by atoms with Crippen LogP contribution in [0.4, 0.5) is 5.69 Å².